The molecule has 2 aliphatic heterocycles. The lowest BCUT2D eigenvalue weighted by Crippen LogP contribution is -2.59. The zero-order valence-corrected chi connectivity index (χ0v) is 14.7. The summed E-state index contributed by atoms with van der Waals surface area (Å²) in [6.07, 6.45) is 15.5. The van der Waals surface area contributed by atoms with Gasteiger partial charge < -0.3 is 5.32 Å². The van der Waals surface area contributed by atoms with Gasteiger partial charge in [-0.05, 0) is 52.0 Å². The van der Waals surface area contributed by atoms with Gasteiger partial charge in [0.2, 0.25) is 0 Å². The molecular formula is C19H38N2. The van der Waals surface area contributed by atoms with Crippen molar-refractivity contribution < 1.29 is 0 Å². The van der Waals surface area contributed by atoms with Crippen LogP contribution in [0.3, 0.4) is 0 Å². The largest absolute Gasteiger partial charge is 0.314 e. The number of hydrogen-bond donors (Lipinski definition) is 1. The van der Waals surface area contributed by atoms with Crippen LogP contribution in [0, 0.1) is 0 Å². The van der Waals surface area contributed by atoms with Crippen LogP contribution in [0.4, 0.5) is 0 Å². The second-order valence-electron chi connectivity index (χ2n) is 7.51. The summed E-state index contributed by atoms with van der Waals surface area (Å²) in [7, 11) is 0. The summed E-state index contributed by atoms with van der Waals surface area (Å²) in [4.78, 5) is 2.93. The lowest BCUT2D eigenvalue weighted by molar-refractivity contribution is -0.00834. The number of hydrogen-bond acceptors (Lipinski definition) is 2. The van der Waals surface area contributed by atoms with Gasteiger partial charge in [0.15, 0.2) is 0 Å². The molecule has 1 N–H and O–H groups in total. The van der Waals surface area contributed by atoms with Crippen molar-refractivity contribution in [3.63, 3.8) is 0 Å². The second-order valence-corrected chi connectivity index (χ2v) is 7.51. The first-order chi connectivity index (χ1) is 10.3. The standard InChI is InChI=1S/C19H38N2/c1-4-6-7-8-10-16(3)21-18-11-9-12-19(21)15-17(14-18)20-13-5-2/h16-20H,4-15H2,1-3H3. The van der Waals surface area contributed by atoms with E-state index in [4.69, 9.17) is 0 Å². The number of rotatable bonds is 9. The monoisotopic (exact) mass is 294 g/mol. The number of unbranched alkanes of at least 4 members (excludes halogenated alkanes) is 3. The average Bonchev–Trinajstić information content (AvgIpc) is 2.48. The quantitative estimate of drug-likeness (QED) is 0.618. The molecule has 2 heteroatoms. The van der Waals surface area contributed by atoms with Crippen molar-refractivity contribution in [2.45, 2.75) is 116 Å². The van der Waals surface area contributed by atoms with Crippen LogP contribution in [0.1, 0.15) is 91.4 Å². The molecule has 0 aromatic carbocycles. The molecule has 2 fully saturated rings. The Morgan fingerprint density at radius 2 is 1.71 bits per heavy atom. The molecule has 2 aliphatic rings. The van der Waals surface area contributed by atoms with E-state index in [-0.39, 0.29) is 0 Å². The first-order valence-electron chi connectivity index (χ1n) is 9.77. The van der Waals surface area contributed by atoms with Gasteiger partial charge in [0, 0.05) is 24.2 Å². The minimum absolute atomic E-state index is 0.795. The van der Waals surface area contributed by atoms with Gasteiger partial charge >= 0.3 is 0 Å². The van der Waals surface area contributed by atoms with E-state index in [2.05, 4.69) is 31.0 Å². The fraction of sp³-hybridized carbons (Fsp3) is 1.00. The molecule has 3 unspecified atom stereocenters. The van der Waals surface area contributed by atoms with Crippen LogP contribution >= 0.6 is 0 Å². The highest BCUT2D eigenvalue weighted by molar-refractivity contribution is 4.96. The maximum absolute atomic E-state index is 3.79. The summed E-state index contributed by atoms with van der Waals surface area (Å²) >= 11 is 0. The maximum atomic E-state index is 3.79. The molecular weight excluding hydrogens is 256 g/mol. The van der Waals surface area contributed by atoms with Gasteiger partial charge in [0.25, 0.3) is 0 Å². The molecule has 2 saturated heterocycles. The number of nitrogens with one attached hydrogen (secondary N) is 1. The Labute approximate surface area is 133 Å². The third-order valence-corrected chi connectivity index (χ3v) is 5.70. The Bertz CT molecular complexity index is 265. The highest BCUT2D eigenvalue weighted by atomic mass is 15.2. The zero-order valence-electron chi connectivity index (χ0n) is 14.7. The van der Waals surface area contributed by atoms with Crippen molar-refractivity contribution in [2.75, 3.05) is 6.54 Å². The summed E-state index contributed by atoms with van der Waals surface area (Å²) in [6, 6.07) is 3.34. The van der Waals surface area contributed by atoms with Gasteiger partial charge in [0.05, 0.1) is 0 Å². The molecule has 21 heavy (non-hydrogen) atoms. The minimum atomic E-state index is 0.795. The minimum Gasteiger partial charge on any atom is -0.314 e. The molecule has 2 heterocycles. The van der Waals surface area contributed by atoms with Gasteiger partial charge in [-0.3, -0.25) is 4.90 Å². The summed E-state index contributed by atoms with van der Waals surface area (Å²) in [5, 5.41) is 3.79. The summed E-state index contributed by atoms with van der Waals surface area (Å²) in [5.41, 5.74) is 0. The molecule has 0 amide bonds. The van der Waals surface area contributed by atoms with E-state index in [9.17, 15) is 0 Å². The Kier molecular flexibility index (Phi) is 7.53. The fourth-order valence-electron chi connectivity index (χ4n) is 4.67. The molecule has 0 saturated carbocycles. The maximum Gasteiger partial charge on any atom is 0.0116 e. The van der Waals surface area contributed by atoms with Crippen molar-refractivity contribution in [1.82, 2.24) is 10.2 Å². The van der Waals surface area contributed by atoms with Gasteiger partial charge in [-0.15, -0.1) is 0 Å². The van der Waals surface area contributed by atoms with Crippen molar-refractivity contribution in [1.29, 1.82) is 0 Å². The summed E-state index contributed by atoms with van der Waals surface area (Å²) < 4.78 is 0. The SMILES string of the molecule is CCCCCCC(C)N1C2CCCC1CC(NCCC)C2. The van der Waals surface area contributed by atoms with E-state index in [0.717, 1.165) is 24.2 Å². The molecule has 0 aliphatic carbocycles. The Morgan fingerprint density at radius 3 is 2.33 bits per heavy atom. The predicted molar refractivity (Wildman–Crippen MR) is 92.8 cm³/mol. The van der Waals surface area contributed by atoms with Crippen molar-refractivity contribution in [3.8, 4) is 0 Å². The van der Waals surface area contributed by atoms with Crippen molar-refractivity contribution >= 4 is 0 Å². The molecule has 0 aromatic rings. The number of piperidine rings is 2. The van der Waals surface area contributed by atoms with Crippen LogP contribution in [-0.2, 0) is 0 Å². The van der Waals surface area contributed by atoms with Crippen LogP contribution in [0.2, 0.25) is 0 Å². The highest BCUT2D eigenvalue weighted by Gasteiger charge is 2.39. The molecule has 2 bridgehead atoms. The Balaban J connectivity index is 1.82. The predicted octanol–water partition coefficient (Wildman–Crippen LogP) is 4.73. The zero-order chi connectivity index (χ0) is 15.1. The topological polar surface area (TPSA) is 15.3 Å². The third-order valence-electron chi connectivity index (χ3n) is 5.70. The van der Waals surface area contributed by atoms with Gasteiger partial charge in [0.1, 0.15) is 0 Å². The van der Waals surface area contributed by atoms with E-state index >= 15 is 0 Å². The molecule has 0 radical (unpaired) electrons. The van der Waals surface area contributed by atoms with Crippen LogP contribution in [0.25, 0.3) is 0 Å². The van der Waals surface area contributed by atoms with Gasteiger partial charge in [-0.25, -0.2) is 0 Å². The summed E-state index contributed by atoms with van der Waals surface area (Å²) in [5.74, 6) is 0. The van der Waals surface area contributed by atoms with E-state index in [1.807, 2.05) is 0 Å². The third kappa shape index (κ3) is 4.96. The number of nitrogens with zero attached hydrogens (tertiary/aromatic N) is 1. The molecule has 124 valence electrons. The lowest BCUT2D eigenvalue weighted by Gasteiger charge is -2.52. The Morgan fingerprint density at radius 1 is 1.00 bits per heavy atom. The van der Waals surface area contributed by atoms with E-state index in [1.54, 1.807) is 0 Å². The fourth-order valence-corrected chi connectivity index (χ4v) is 4.67. The average molecular weight is 295 g/mol. The highest BCUT2D eigenvalue weighted by Crippen LogP contribution is 2.36. The van der Waals surface area contributed by atoms with Gasteiger partial charge in [-0.2, -0.15) is 0 Å². The van der Waals surface area contributed by atoms with E-state index < -0.39 is 0 Å². The van der Waals surface area contributed by atoms with Crippen LogP contribution in [-0.4, -0.2) is 35.6 Å². The Hall–Kier alpha value is -0.0800. The van der Waals surface area contributed by atoms with Crippen molar-refractivity contribution in [3.05, 3.63) is 0 Å². The first kappa shape index (κ1) is 17.3. The summed E-state index contributed by atoms with van der Waals surface area (Å²) in [6.45, 7) is 8.29. The molecule has 2 nitrogen and oxygen atoms in total. The molecule has 3 atom stereocenters. The number of fused-ring (bicyclic) bond motifs is 2. The second kappa shape index (κ2) is 9.15. The molecule has 0 spiro atoms. The van der Waals surface area contributed by atoms with Crippen molar-refractivity contribution in [2.24, 2.45) is 0 Å². The van der Waals surface area contributed by atoms with Crippen LogP contribution in [0.5, 0.6) is 0 Å². The van der Waals surface area contributed by atoms with Gasteiger partial charge in [-0.1, -0.05) is 46.0 Å². The van der Waals surface area contributed by atoms with Crippen LogP contribution < -0.4 is 5.32 Å². The molecule has 2 rings (SSSR count). The normalized spacial score (nSPS) is 31.3. The smallest absolute Gasteiger partial charge is 0.0116 e. The first-order valence-corrected chi connectivity index (χ1v) is 9.77. The van der Waals surface area contributed by atoms with E-state index in [1.165, 1.54) is 77.2 Å². The molecule has 0 aromatic heterocycles. The van der Waals surface area contributed by atoms with E-state index in [0.29, 0.717) is 0 Å². The van der Waals surface area contributed by atoms with Crippen LogP contribution in [0.15, 0.2) is 0 Å². The lowest BCUT2D eigenvalue weighted by atomic mass is 9.80.